The summed E-state index contributed by atoms with van der Waals surface area (Å²) in [4.78, 5) is 30.0. The quantitative estimate of drug-likeness (QED) is 0.439. The SMILES string of the molecule is COCOc1ccc(CN2CCN(C)CC2)cc1C(=O)Nc1cc(-c2ccccc2)ccc1C(=O)O. The van der Waals surface area contributed by atoms with Gasteiger partial charge in [0.25, 0.3) is 5.91 Å². The standard InChI is InChI=1S/C28H31N3O5/c1-30-12-14-31(15-13-30)18-20-8-11-26(36-19-35-2)24(16-20)27(32)29-25-17-22(9-10-23(25)28(33)34)21-6-4-3-5-7-21/h3-11,16-17H,12-15,18-19H2,1-2H3,(H,29,32)(H,33,34). The van der Waals surface area contributed by atoms with Crippen LogP contribution in [0.1, 0.15) is 26.3 Å². The number of methoxy groups -OCH3 is 1. The number of piperazine rings is 1. The monoisotopic (exact) mass is 489 g/mol. The third-order valence-electron chi connectivity index (χ3n) is 6.23. The van der Waals surface area contributed by atoms with Crippen LogP contribution < -0.4 is 10.1 Å². The average molecular weight is 490 g/mol. The van der Waals surface area contributed by atoms with E-state index in [0.717, 1.165) is 42.9 Å². The van der Waals surface area contributed by atoms with E-state index in [9.17, 15) is 14.7 Å². The normalized spacial score (nSPS) is 14.4. The number of nitrogens with one attached hydrogen (secondary N) is 1. The van der Waals surface area contributed by atoms with Gasteiger partial charge in [0, 0.05) is 39.8 Å². The summed E-state index contributed by atoms with van der Waals surface area (Å²) < 4.78 is 10.7. The molecule has 1 saturated heterocycles. The van der Waals surface area contributed by atoms with Crippen LogP contribution >= 0.6 is 0 Å². The van der Waals surface area contributed by atoms with E-state index in [0.29, 0.717) is 17.9 Å². The fraction of sp³-hybridized carbons (Fsp3) is 0.286. The van der Waals surface area contributed by atoms with Crippen molar-refractivity contribution < 1.29 is 24.2 Å². The summed E-state index contributed by atoms with van der Waals surface area (Å²) in [6.45, 7) is 4.60. The van der Waals surface area contributed by atoms with Crippen molar-refractivity contribution in [1.29, 1.82) is 0 Å². The van der Waals surface area contributed by atoms with Gasteiger partial charge in [0.1, 0.15) is 5.75 Å². The summed E-state index contributed by atoms with van der Waals surface area (Å²) in [7, 11) is 3.62. The van der Waals surface area contributed by atoms with Gasteiger partial charge in [-0.3, -0.25) is 9.69 Å². The van der Waals surface area contributed by atoms with Gasteiger partial charge in [0.05, 0.1) is 16.8 Å². The predicted molar refractivity (Wildman–Crippen MR) is 139 cm³/mol. The Labute approximate surface area is 211 Å². The number of carbonyl (C=O) groups excluding carboxylic acids is 1. The van der Waals surface area contributed by atoms with Crippen molar-refractivity contribution in [2.45, 2.75) is 6.54 Å². The van der Waals surface area contributed by atoms with Crippen molar-refractivity contribution in [2.24, 2.45) is 0 Å². The zero-order valence-electron chi connectivity index (χ0n) is 20.6. The van der Waals surface area contributed by atoms with Crippen LogP contribution in [-0.2, 0) is 11.3 Å². The molecule has 0 saturated carbocycles. The average Bonchev–Trinajstić information content (AvgIpc) is 2.89. The number of carbonyl (C=O) groups is 2. The molecule has 0 bridgehead atoms. The number of anilines is 1. The Morgan fingerprint density at radius 2 is 1.67 bits per heavy atom. The maximum absolute atomic E-state index is 13.5. The number of ether oxygens (including phenoxy) is 2. The fourth-order valence-electron chi connectivity index (χ4n) is 4.20. The van der Waals surface area contributed by atoms with Crippen LogP contribution in [0.25, 0.3) is 11.1 Å². The number of benzene rings is 3. The van der Waals surface area contributed by atoms with Crippen molar-refractivity contribution in [2.75, 3.05) is 52.4 Å². The van der Waals surface area contributed by atoms with Crippen molar-refractivity contribution in [3.63, 3.8) is 0 Å². The molecule has 1 heterocycles. The van der Waals surface area contributed by atoms with Gasteiger partial charge in [0.2, 0.25) is 0 Å². The molecule has 0 aromatic heterocycles. The Morgan fingerprint density at radius 1 is 0.917 bits per heavy atom. The van der Waals surface area contributed by atoms with Gasteiger partial charge < -0.3 is 24.8 Å². The Kier molecular flexibility index (Phi) is 8.32. The lowest BCUT2D eigenvalue weighted by molar-refractivity contribution is 0.0502. The molecule has 1 aliphatic rings. The number of amides is 1. The van der Waals surface area contributed by atoms with E-state index in [1.165, 1.54) is 13.2 Å². The second kappa shape index (κ2) is 11.8. The van der Waals surface area contributed by atoms with Crippen LogP contribution in [0.2, 0.25) is 0 Å². The maximum atomic E-state index is 13.5. The lowest BCUT2D eigenvalue weighted by Gasteiger charge is -2.32. The Hall–Kier alpha value is -3.72. The second-order valence-electron chi connectivity index (χ2n) is 8.85. The summed E-state index contributed by atoms with van der Waals surface area (Å²) in [5.74, 6) is -1.20. The van der Waals surface area contributed by atoms with Crippen molar-refractivity contribution in [1.82, 2.24) is 9.80 Å². The number of hydrogen-bond donors (Lipinski definition) is 2. The molecule has 0 spiro atoms. The molecule has 1 fully saturated rings. The highest BCUT2D eigenvalue weighted by molar-refractivity contribution is 6.09. The minimum atomic E-state index is -1.12. The molecule has 1 aliphatic heterocycles. The van der Waals surface area contributed by atoms with Gasteiger partial charge in [-0.05, 0) is 48.0 Å². The van der Waals surface area contributed by atoms with E-state index in [1.807, 2.05) is 36.4 Å². The van der Waals surface area contributed by atoms with E-state index in [-0.39, 0.29) is 18.0 Å². The van der Waals surface area contributed by atoms with Crippen LogP contribution in [0.5, 0.6) is 5.75 Å². The molecule has 3 aromatic rings. The first kappa shape index (κ1) is 25.4. The number of carboxylic acids is 1. The number of likely N-dealkylation sites (N-methyl/N-ethyl adjacent to an activating group) is 1. The topological polar surface area (TPSA) is 91.3 Å². The number of hydrogen-bond acceptors (Lipinski definition) is 6. The molecule has 188 valence electrons. The number of nitrogens with zero attached hydrogens (tertiary/aromatic N) is 2. The van der Waals surface area contributed by atoms with E-state index < -0.39 is 11.9 Å². The Bertz CT molecular complexity index is 1210. The fourth-order valence-corrected chi connectivity index (χ4v) is 4.20. The highest BCUT2D eigenvalue weighted by atomic mass is 16.7. The van der Waals surface area contributed by atoms with Gasteiger partial charge in [-0.1, -0.05) is 42.5 Å². The number of rotatable bonds is 9. The van der Waals surface area contributed by atoms with Crippen molar-refractivity contribution in [3.8, 4) is 16.9 Å². The van der Waals surface area contributed by atoms with Crippen LogP contribution in [0.15, 0.2) is 66.7 Å². The summed E-state index contributed by atoms with van der Waals surface area (Å²) in [6, 6.07) is 20.0. The van der Waals surface area contributed by atoms with Crippen LogP contribution in [0.3, 0.4) is 0 Å². The Morgan fingerprint density at radius 3 is 2.36 bits per heavy atom. The van der Waals surface area contributed by atoms with Gasteiger partial charge in [-0.2, -0.15) is 0 Å². The molecule has 0 atom stereocenters. The molecule has 8 heteroatoms. The third kappa shape index (κ3) is 6.28. The molecule has 3 aromatic carbocycles. The van der Waals surface area contributed by atoms with Crippen LogP contribution in [0.4, 0.5) is 5.69 Å². The zero-order valence-corrected chi connectivity index (χ0v) is 20.6. The highest BCUT2D eigenvalue weighted by Gasteiger charge is 2.20. The summed E-state index contributed by atoms with van der Waals surface area (Å²) in [6.07, 6.45) is 0. The number of carboxylic acid groups (broad SMARTS) is 1. The minimum absolute atomic E-state index is 0.0102. The molecule has 0 unspecified atom stereocenters. The van der Waals surface area contributed by atoms with Crippen molar-refractivity contribution >= 4 is 17.6 Å². The third-order valence-corrected chi connectivity index (χ3v) is 6.23. The first-order valence-corrected chi connectivity index (χ1v) is 11.8. The lowest BCUT2D eigenvalue weighted by Crippen LogP contribution is -2.43. The summed E-state index contributed by atoms with van der Waals surface area (Å²) >= 11 is 0. The van der Waals surface area contributed by atoms with Crippen LogP contribution in [0, 0.1) is 0 Å². The predicted octanol–water partition coefficient (Wildman–Crippen LogP) is 4.03. The summed E-state index contributed by atoms with van der Waals surface area (Å²) in [5.41, 5.74) is 3.25. The van der Waals surface area contributed by atoms with Gasteiger partial charge >= 0.3 is 5.97 Å². The maximum Gasteiger partial charge on any atom is 0.337 e. The van der Waals surface area contributed by atoms with E-state index in [2.05, 4.69) is 22.2 Å². The number of aromatic carboxylic acids is 1. The molecule has 0 radical (unpaired) electrons. The molecule has 1 amide bonds. The molecule has 8 nitrogen and oxygen atoms in total. The molecule has 0 aliphatic carbocycles. The molecule has 36 heavy (non-hydrogen) atoms. The minimum Gasteiger partial charge on any atom is -0.478 e. The van der Waals surface area contributed by atoms with E-state index in [1.54, 1.807) is 24.3 Å². The van der Waals surface area contributed by atoms with Crippen molar-refractivity contribution in [3.05, 3.63) is 83.4 Å². The molecular weight excluding hydrogens is 458 g/mol. The second-order valence-corrected chi connectivity index (χ2v) is 8.85. The van der Waals surface area contributed by atoms with Crippen LogP contribution in [-0.4, -0.2) is 73.9 Å². The van der Waals surface area contributed by atoms with Gasteiger partial charge in [-0.15, -0.1) is 0 Å². The van der Waals surface area contributed by atoms with Gasteiger partial charge in [0.15, 0.2) is 6.79 Å². The Balaban J connectivity index is 1.62. The largest absolute Gasteiger partial charge is 0.478 e. The van der Waals surface area contributed by atoms with E-state index >= 15 is 0 Å². The highest BCUT2D eigenvalue weighted by Crippen LogP contribution is 2.28. The molecular formula is C28H31N3O5. The van der Waals surface area contributed by atoms with E-state index in [4.69, 9.17) is 9.47 Å². The summed E-state index contributed by atoms with van der Waals surface area (Å²) in [5, 5.41) is 12.5. The molecule has 2 N–H and O–H groups in total. The smallest absolute Gasteiger partial charge is 0.337 e. The zero-order chi connectivity index (χ0) is 25.5. The lowest BCUT2D eigenvalue weighted by atomic mass is 10.0. The molecule has 4 rings (SSSR count). The first-order chi connectivity index (χ1) is 17.4. The first-order valence-electron chi connectivity index (χ1n) is 11.8. The van der Waals surface area contributed by atoms with Gasteiger partial charge in [-0.25, -0.2) is 4.79 Å².